The van der Waals surface area contributed by atoms with Gasteiger partial charge in [-0.2, -0.15) is 5.10 Å². The summed E-state index contributed by atoms with van der Waals surface area (Å²) < 4.78 is 1.56. The van der Waals surface area contributed by atoms with E-state index in [0.29, 0.717) is 5.82 Å². The molecule has 24 heavy (non-hydrogen) atoms. The minimum Gasteiger partial charge on any atom is -0.384 e. The van der Waals surface area contributed by atoms with Gasteiger partial charge in [-0.3, -0.25) is 4.79 Å². The molecule has 0 spiro atoms. The maximum absolute atomic E-state index is 12.1. The Balaban J connectivity index is 1.37. The van der Waals surface area contributed by atoms with Crippen molar-refractivity contribution in [2.75, 3.05) is 25.4 Å². The number of likely N-dealkylation sites (tertiary alicyclic amines) is 1. The van der Waals surface area contributed by atoms with Gasteiger partial charge in [0, 0.05) is 25.2 Å². The van der Waals surface area contributed by atoms with Crippen molar-refractivity contribution in [1.82, 2.24) is 20.0 Å². The molecule has 2 aliphatic rings. The number of nitrogens with two attached hydrogens (primary N) is 1. The molecule has 3 N–H and O–H groups in total. The molecule has 2 fully saturated rings. The summed E-state index contributed by atoms with van der Waals surface area (Å²) in [6.07, 6.45) is 9.24. The molecule has 1 atom stereocenters. The first kappa shape index (κ1) is 17.3. The van der Waals surface area contributed by atoms with Crippen LogP contribution in [0.2, 0.25) is 0 Å². The number of aryl methyl sites for hydroxylation is 1. The molecule has 6 heteroatoms. The van der Waals surface area contributed by atoms with Crippen molar-refractivity contribution in [2.24, 2.45) is 5.92 Å². The van der Waals surface area contributed by atoms with Crippen LogP contribution in [-0.4, -0.2) is 46.3 Å². The highest BCUT2D eigenvalue weighted by molar-refractivity contribution is 5.76. The molecule has 0 aromatic carbocycles. The minimum absolute atomic E-state index is 0.00624. The highest BCUT2D eigenvalue weighted by atomic mass is 16.2. The predicted octanol–water partition coefficient (Wildman–Crippen LogP) is 1.93. The zero-order valence-corrected chi connectivity index (χ0v) is 14.8. The van der Waals surface area contributed by atoms with Gasteiger partial charge in [-0.25, -0.2) is 4.68 Å². The van der Waals surface area contributed by atoms with Crippen molar-refractivity contribution < 1.29 is 4.79 Å². The lowest BCUT2D eigenvalue weighted by molar-refractivity contribution is -0.121. The zero-order chi connectivity index (χ0) is 16.9. The average molecular weight is 333 g/mol. The van der Waals surface area contributed by atoms with Crippen molar-refractivity contribution in [3.8, 4) is 0 Å². The Kier molecular flexibility index (Phi) is 5.76. The van der Waals surface area contributed by atoms with E-state index in [2.05, 4.69) is 15.3 Å². The fraction of sp³-hybridized carbons (Fsp3) is 0.778. The molecule has 2 heterocycles. The van der Waals surface area contributed by atoms with Gasteiger partial charge in [0.15, 0.2) is 0 Å². The summed E-state index contributed by atoms with van der Waals surface area (Å²) in [5, 5.41) is 7.25. The SMILES string of the molecule is Cc1cc(N)n(CC(=O)NCCC2CCCN(C3CCCC3)C2)n1. The van der Waals surface area contributed by atoms with Gasteiger partial charge < -0.3 is 16.0 Å². The Morgan fingerprint density at radius 2 is 2.12 bits per heavy atom. The Labute approximate surface area is 144 Å². The van der Waals surface area contributed by atoms with Gasteiger partial charge in [0.05, 0.1) is 5.69 Å². The molecule has 1 saturated carbocycles. The molecular weight excluding hydrogens is 302 g/mol. The summed E-state index contributed by atoms with van der Waals surface area (Å²) in [5.74, 6) is 1.26. The van der Waals surface area contributed by atoms with Gasteiger partial charge in [0.2, 0.25) is 5.91 Å². The number of hydrogen-bond donors (Lipinski definition) is 2. The van der Waals surface area contributed by atoms with E-state index in [1.807, 2.05) is 6.92 Å². The van der Waals surface area contributed by atoms with E-state index < -0.39 is 0 Å². The number of anilines is 1. The smallest absolute Gasteiger partial charge is 0.241 e. The quantitative estimate of drug-likeness (QED) is 0.834. The summed E-state index contributed by atoms with van der Waals surface area (Å²) in [7, 11) is 0. The third kappa shape index (κ3) is 4.50. The third-order valence-corrected chi connectivity index (χ3v) is 5.49. The second-order valence-electron chi connectivity index (χ2n) is 7.45. The van der Waals surface area contributed by atoms with Crippen molar-refractivity contribution in [2.45, 2.75) is 64.5 Å². The van der Waals surface area contributed by atoms with Crippen LogP contribution in [0.3, 0.4) is 0 Å². The number of rotatable bonds is 6. The fourth-order valence-corrected chi connectivity index (χ4v) is 4.23. The van der Waals surface area contributed by atoms with Crippen LogP contribution in [-0.2, 0) is 11.3 Å². The molecule has 0 bridgehead atoms. The summed E-state index contributed by atoms with van der Waals surface area (Å²) >= 11 is 0. The standard InChI is InChI=1S/C18H31N5O/c1-14-11-17(19)23(21-14)13-18(24)20-9-8-15-5-4-10-22(12-15)16-6-2-3-7-16/h11,15-16H,2-10,12-13,19H2,1H3,(H,20,24). The summed E-state index contributed by atoms with van der Waals surface area (Å²) in [5.41, 5.74) is 6.67. The Hall–Kier alpha value is -1.56. The van der Waals surface area contributed by atoms with Gasteiger partial charge in [0.1, 0.15) is 12.4 Å². The first-order chi connectivity index (χ1) is 11.6. The van der Waals surface area contributed by atoms with Crippen molar-refractivity contribution in [3.05, 3.63) is 11.8 Å². The number of carbonyl (C=O) groups is 1. The molecule has 1 unspecified atom stereocenters. The van der Waals surface area contributed by atoms with Crippen LogP contribution in [0.4, 0.5) is 5.82 Å². The van der Waals surface area contributed by atoms with Gasteiger partial charge in [-0.15, -0.1) is 0 Å². The maximum atomic E-state index is 12.1. The number of hydrogen-bond acceptors (Lipinski definition) is 4. The second kappa shape index (κ2) is 8.01. The number of nitrogens with zero attached hydrogens (tertiary/aromatic N) is 3. The molecule has 1 saturated heterocycles. The lowest BCUT2D eigenvalue weighted by Gasteiger charge is -2.36. The molecule has 3 rings (SSSR count). The second-order valence-corrected chi connectivity index (χ2v) is 7.45. The van der Waals surface area contributed by atoms with E-state index in [9.17, 15) is 4.79 Å². The Morgan fingerprint density at radius 1 is 1.33 bits per heavy atom. The molecular formula is C18H31N5O. The van der Waals surface area contributed by atoms with Crippen LogP contribution in [0.15, 0.2) is 6.07 Å². The molecule has 0 radical (unpaired) electrons. The molecule has 1 aromatic rings. The van der Waals surface area contributed by atoms with Crippen molar-refractivity contribution >= 4 is 11.7 Å². The Morgan fingerprint density at radius 3 is 2.83 bits per heavy atom. The summed E-state index contributed by atoms with van der Waals surface area (Å²) in [6.45, 7) is 5.32. The highest BCUT2D eigenvalue weighted by Gasteiger charge is 2.27. The number of nitrogens with one attached hydrogen (secondary N) is 1. The Bertz CT molecular complexity index is 550. The van der Waals surface area contributed by atoms with Gasteiger partial charge >= 0.3 is 0 Å². The number of piperidine rings is 1. The minimum atomic E-state index is -0.00624. The summed E-state index contributed by atoms with van der Waals surface area (Å²) in [4.78, 5) is 14.8. The number of aromatic nitrogens is 2. The van der Waals surface area contributed by atoms with E-state index in [-0.39, 0.29) is 12.5 Å². The molecule has 1 aliphatic carbocycles. The number of carbonyl (C=O) groups excluding carboxylic acids is 1. The van der Waals surface area contributed by atoms with Gasteiger partial charge in [0.25, 0.3) is 0 Å². The number of nitrogen functional groups attached to an aromatic ring is 1. The highest BCUT2D eigenvalue weighted by Crippen LogP contribution is 2.28. The van der Waals surface area contributed by atoms with Crippen LogP contribution in [0.5, 0.6) is 0 Å². The first-order valence-corrected chi connectivity index (χ1v) is 9.42. The van der Waals surface area contributed by atoms with E-state index >= 15 is 0 Å². The van der Waals surface area contributed by atoms with Crippen molar-refractivity contribution in [1.29, 1.82) is 0 Å². The summed E-state index contributed by atoms with van der Waals surface area (Å²) in [6, 6.07) is 2.61. The van der Waals surface area contributed by atoms with Crippen LogP contribution in [0.1, 0.15) is 50.6 Å². The van der Waals surface area contributed by atoms with E-state index in [1.54, 1.807) is 10.7 Å². The first-order valence-electron chi connectivity index (χ1n) is 9.42. The largest absolute Gasteiger partial charge is 0.384 e. The van der Waals surface area contributed by atoms with Crippen LogP contribution in [0.25, 0.3) is 0 Å². The van der Waals surface area contributed by atoms with E-state index in [4.69, 9.17) is 5.73 Å². The lowest BCUT2D eigenvalue weighted by atomic mass is 9.93. The van der Waals surface area contributed by atoms with Gasteiger partial charge in [-0.05, 0) is 51.5 Å². The van der Waals surface area contributed by atoms with Crippen LogP contribution < -0.4 is 11.1 Å². The molecule has 1 aromatic heterocycles. The normalized spacial score (nSPS) is 22.8. The predicted molar refractivity (Wildman–Crippen MR) is 95.6 cm³/mol. The van der Waals surface area contributed by atoms with Gasteiger partial charge in [-0.1, -0.05) is 12.8 Å². The van der Waals surface area contributed by atoms with Crippen LogP contribution in [0, 0.1) is 12.8 Å². The monoisotopic (exact) mass is 333 g/mol. The van der Waals surface area contributed by atoms with Crippen molar-refractivity contribution in [3.63, 3.8) is 0 Å². The molecule has 134 valence electrons. The molecule has 1 amide bonds. The zero-order valence-electron chi connectivity index (χ0n) is 14.8. The maximum Gasteiger partial charge on any atom is 0.241 e. The van der Waals surface area contributed by atoms with E-state index in [1.165, 1.54) is 51.6 Å². The number of amides is 1. The topological polar surface area (TPSA) is 76.2 Å². The van der Waals surface area contributed by atoms with E-state index in [0.717, 1.165) is 30.6 Å². The average Bonchev–Trinajstić information content (AvgIpc) is 3.18. The van der Waals surface area contributed by atoms with Crippen LogP contribution >= 0.6 is 0 Å². The third-order valence-electron chi connectivity index (χ3n) is 5.49. The molecule has 1 aliphatic heterocycles. The lowest BCUT2D eigenvalue weighted by Crippen LogP contribution is -2.42. The molecule has 6 nitrogen and oxygen atoms in total. The fourth-order valence-electron chi connectivity index (χ4n) is 4.23.